The number of nitrogens with zero attached hydrogens (tertiary/aromatic N) is 3. The summed E-state index contributed by atoms with van der Waals surface area (Å²) in [5, 5.41) is 23.5. The van der Waals surface area contributed by atoms with Crippen molar-refractivity contribution < 1.29 is 51.7 Å². The number of hydrogen-bond donors (Lipinski definition) is 6. The maximum atomic E-state index is 13.5. The molecule has 16 nitrogen and oxygen atoms in total. The van der Waals surface area contributed by atoms with Crippen molar-refractivity contribution in [2.24, 2.45) is 0 Å². The van der Waals surface area contributed by atoms with Gasteiger partial charge in [-0.15, -0.1) is 11.8 Å². The predicted molar refractivity (Wildman–Crippen MR) is 159 cm³/mol. The van der Waals surface area contributed by atoms with E-state index < -0.39 is 68.8 Å². The monoisotopic (exact) mass is 671 g/mol. The molecule has 3 aromatic rings. The third-order valence-corrected chi connectivity index (χ3v) is 9.28. The van der Waals surface area contributed by atoms with E-state index in [1.54, 1.807) is 59.4 Å². The van der Waals surface area contributed by atoms with Crippen LogP contribution in [0.25, 0.3) is 0 Å². The van der Waals surface area contributed by atoms with E-state index >= 15 is 0 Å². The second-order valence-corrected chi connectivity index (χ2v) is 13.0. The van der Waals surface area contributed by atoms with E-state index in [-0.39, 0.29) is 30.1 Å². The van der Waals surface area contributed by atoms with E-state index in [2.05, 4.69) is 20.6 Å². The van der Waals surface area contributed by atoms with Crippen LogP contribution >= 0.6 is 11.8 Å². The van der Waals surface area contributed by atoms with Gasteiger partial charge in [0.05, 0.1) is 11.9 Å². The Labute approximate surface area is 265 Å². The van der Waals surface area contributed by atoms with E-state index in [1.807, 2.05) is 0 Å². The molecule has 1 fully saturated rings. The normalized spacial score (nSPS) is 18.3. The minimum Gasteiger partial charge on any atom is -0.477 e. The van der Waals surface area contributed by atoms with Crippen molar-refractivity contribution in [3.05, 3.63) is 95.0 Å². The lowest BCUT2D eigenvalue weighted by molar-refractivity contribution is -0.689. The van der Waals surface area contributed by atoms with Gasteiger partial charge < -0.3 is 25.8 Å². The molecule has 0 radical (unpaired) electrons. The predicted octanol–water partition coefficient (Wildman–Crippen LogP) is -0.264. The van der Waals surface area contributed by atoms with Gasteiger partial charge in [-0.25, -0.2) is 19.1 Å². The maximum Gasteiger partial charge on any atom is 0.371 e. The molecular formula is C28H27N6O10S2+. The van der Waals surface area contributed by atoms with Gasteiger partial charge in [0.1, 0.15) is 28.8 Å². The number of aliphatic carboxylic acids is 1. The lowest BCUT2D eigenvalue weighted by atomic mass is 10.0. The standard InChI is InChI=1S/C28H26N6O10S2/c35-23(18-12-29-22(30-18)28(40)41)31-19(16-4-2-1-3-5-16)24(36)32-20-25(37)34-21(27(38)39)17(14-45-26(20)34)13-33-9-6-15(7-10-33)8-11-46(42,43)44/h1-7,9-10,12,19-20,26H,8,11,13-14H2,(H5-,29,30,31,32,35,36,38,39,40,41,42,43,44)/p+1/t19-,20-,26-/m1/s1. The third kappa shape index (κ3) is 7.08. The number of carbonyl (C=O) groups excluding carboxylic acids is 3. The molecule has 0 aliphatic carbocycles. The van der Waals surface area contributed by atoms with Gasteiger partial charge in [0, 0.05) is 23.5 Å². The van der Waals surface area contributed by atoms with Crippen LogP contribution in [0.5, 0.6) is 0 Å². The number of fused-ring (bicyclic) bond motifs is 1. The summed E-state index contributed by atoms with van der Waals surface area (Å²) in [5.41, 5.74) is 1.06. The van der Waals surface area contributed by atoms with E-state index in [9.17, 15) is 37.5 Å². The van der Waals surface area contributed by atoms with Crippen LogP contribution in [0.1, 0.15) is 38.3 Å². The van der Waals surface area contributed by atoms with Crippen molar-refractivity contribution in [1.82, 2.24) is 25.5 Å². The van der Waals surface area contributed by atoms with E-state index in [4.69, 9.17) is 9.66 Å². The minimum atomic E-state index is -4.12. The van der Waals surface area contributed by atoms with Crippen LogP contribution in [-0.2, 0) is 37.5 Å². The molecule has 18 heteroatoms. The van der Waals surface area contributed by atoms with Crippen LogP contribution < -0.4 is 15.2 Å². The van der Waals surface area contributed by atoms with Crippen molar-refractivity contribution in [2.45, 2.75) is 30.4 Å². The number of rotatable bonds is 12. The Morgan fingerprint density at radius 3 is 2.39 bits per heavy atom. The molecule has 46 heavy (non-hydrogen) atoms. The van der Waals surface area contributed by atoms with Gasteiger partial charge in [0.2, 0.25) is 11.7 Å². The fourth-order valence-corrected chi connectivity index (χ4v) is 6.80. The van der Waals surface area contributed by atoms with Crippen molar-refractivity contribution in [1.29, 1.82) is 0 Å². The summed E-state index contributed by atoms with van der Waals surface area (Å²) in [6, 6.07) is 9.07. The summed E-state index contributed by atoms with van der Waals surface area (Å²) in [4.78, 5) is 70.2. The molecule has 3 atom stereocenters. The number of hydrogen-bond acceptors (Lipinski definition) is 9. The van der Waals surface area contributed by atoms with Crippen LogP contribution in [0.15, 0.2) is 72.3 Å². The molecule has 4 heterocycles. The number of carbonyl (C=O) groups is 5. The van der Waals surface area contributed by atoms with Gasteiger partial charge in [0.25, 0.3) is 21.9 Å². The number of nitrogens with one attached hydrogen (secondary N) is 3. The molecule has 1 aromatic carbocycles. The van der Waals surface area contributed by atoms with Gasteiger partial charge in [-0.2, -0.15) is 8.42 Å². The number of aromatic amines is 1. The van der Waals surface area contributed by atoms with Crippen molar-refractivity contribution in [2.75, 3.05) is 11.5 Å². The number of benzene rings is 1. The number of thioether (sulfide) groups is 1. The van der Waals surface area contributed by atoms with Crippen molar-refractivity contribution in [3.63, 3.8) is 0 Å². The number of aromatic nitrogens is 3. The largest absolute Gasteiger partial charge is 0.477 e. The van der Waals surface area contributed by atoms with E-state index in [1.165, 1.54) is 11.8 Å². The van der Waals surface area contributed by atoms with Crippen LogP contribution in [-0.4, -0.2) is 90.6 Å². The number of amides is 3. The highest BCUT2D eigenvalue weighted by molar-refractivity contribution is 8.00. The molecule has 1 saturated heterocycles. The number of aromatic carboxylic acids is 1. The molecule has 0 bridgehead atoms. The highest BCUT2D eigenvalue weighted by atomic mass is 32.2. The highest BCUT2D eigenvalue weighted by Crippen LogP contribution is 2.40. The molecule has 0 saturated carbocycles. The number of β-lactam (4-membered cyclic amide) rings is 1. The summed E-state index contributed by atoms with van der Waals surface area (Å²) < 4.78 is 32.7. The first-order valence-corrected chi connectivity index (χ1v) is 16.3. The van der Waals surface area contributed by atoms with Crippen LogP contribution in [0, 0.1) is 0 Å². The number of imidazole rings is 1. The lowest BCUT2D eigenvalue weighted by Gasteiger charge is -2.49. The van der Waals surface area contributed by atoms with Gasteiger partial charge in [0.15, 0.2) is 18.9 Å². The van der Waals surface area contributed by atoms with Crippen LogP contribution in [0.3, 0.4) is 0 Å². The van der Waals surface area contributed by atoms with E-state index in [0.717, 1.165) is 11.1 Å². The smallest absolute Gasteiger partial charge is 0.371 e. The molecule has 2 aliphatic heterocycles. The Kier molecular flexibility index (Phi) is 9.22. The molecule has 3 amide bonds. The zero-order valence-corrected chi connectivity index (χ0v) is 25.3. The maximum absolute atomic E-state index is 13.5. The summed E-state index contributed by atoms with van der Waals surface area (Å²) in [7, 11) is -4.12. The number of H-pyrrole nitrogens is 1. The first-order valence-electron chi connectivity index (χ1n) is 13.6. The first kappa shape index (κ1) is 32.3. The molecule has 6 N–H and O–H groups in total. The minimum absolute atomic E-state index is 0.0965. The number of carboxylic acids is 2. The van der Waals surface area contributed by atoms with Crippen molar-refractivity contribution >= 4 is 51.5 Å². The Morgan fingerprint density at radius 1 is 1.09 bits per heavy atom. The third-order valence-electron chi connectivity index (χ3n) is 7.22. The van der Waals surface area contributed by atoms with Gasteiger partial charge in [-0.3, -0.25) is 23.8 Å². The molecule has 5 rings (SSSR count). The quantitative estimate of drug-likeness (QED) is 0.0829. The summed E-state index contributed by atoms with van der Waals surface area (Å²) in [6.45, 7) is 0.125. The zero-order chi connectivity index (χ0) is 33.2. The SMILES string of the molecule is O=C(O)C1=C(C[n+]2ccc(CCS(=O)(=O)O)cc2)CS[C@@H]2[C@H](NC(=O)[C@H](NC(=O)c3cnc(C(=O)O)[nH]3)c3ccccc3)C(=O)N12. The molecule has 0 unspecified atom stereocenters. The van der Waals surface area contributed by atoms with Gasteiger partial charge in [-0.05, 0) is 17.5 Å². The van der Waals surface area contributed by atoms with Crippen molar-refractivity contribution in [3.8, 4) is 0 Å². The van der Waals surface area contributed by atoms with Crippen LogP contribution in [0.2, 0.25) is 0 Å². The summed E-state index contributed by atoms with van der Waals surface area (Å²) in [6.07, 6.45) is 4.37. The summed E-state index contributed by atoms with van der Waals surface area (Å²) >= 11 is 1.26. The molecule has 2 aromatic heterocycles. The first-order chi connectivity index (χ1) is 21.8. The van der Waals surface area contributed by atoms with Gasteiger partial charge in [-0.1, -0.05) is 30.3 Å². The fraction of sp³-hybridized carbons (Fsp3) is 0.250. The molecule has 240 valence electrons. The Balaban J connectivity index is 1.30. The molecule has 0 spiro atoms. The Bertz CT molecular complexity index is 1840. The average Bonchev–Trinajstić information content (AvgIpc) is 3.53. The lowest BCUT2D eigenvalue weighted by Crippen LogP contribution is -2.71. The Morgan fingerprint density at radius 2 is 1.78 bits per heavy atom. The molecule has 2 aliphatic rings. The Hall–Kier alpha value is -5.07. The number of pyridine rings is 1. The van der Waals surface area contributed by atoms with Crippen LogP contribution in [0.4, 0.5) is 0 Å². The zero-order valence-electron chi connectivity index (χ0n) is 23.7. The average molecular weight is 672 g/mol. The topological polar surface area (TPSA) is 240 Å². The number of aryl methyl sites for hydroxylation is 1. The second kappa shape index (κ2) is 13.1. The fourth-order valence-electron chi connectivity index (χ4n) is 4.97. The molecular weight excluding hydrogens is 644 g/mol. The highest BCUT2D eigenvalue weighted by Gasteiger charge is 2.55. The summed E-state index contributed by atoms with van der Waals surface area (Å²) in [5.74, 6) is -5.58. The number of carboxylic acid groups (broad SMARTS) is 2. The second-order valence-electron chi connectivity index (χ2n) is 10.3. The van der Waals surface area contributed by atoms with E-state index in [0.29, 0.717) is 16.7 Å². The van der Waals surface area contributed by atoms with Gasteiger partial charge >= 0.3 is 11.9 Å².